The summed E-state index contributed by atoms with van der Waals surface area (Å²) in [6.45, 7) is 4.29. The summed E-state index contributed by atoms with van der Waals surface area (Å²) in [5, 5.41) is 25.4. The van der Waals surface area contributed by atoms with Gasteiger partial charge in [0.1, 0.15) is 23.4 Å². The summed E-state index contributed by atoms with van der Waals surface area (Å²) >= 11 is 0. The highest BCUT2D eigenvalue weighted by Gasteiger charge is 2.37. The second kappa shape index (κ2) is 13.8. The van der Waals surface area contributed by atoms with Crippen LogP contribution in [0.25, 0.3) is 0 Å². The fraction of sp³-hybridized carbons (Fsp3) is 0.615. The molecule has 4 amide bonds. The number of primary amides is 1. The van der Waals surface area contributed by atoms with Crippen molar-refractivity contribution in [1.29, 1.82) is 0 Å². The van der Waals surface area contributed by atoms with Gasteiger partial charge in [0.2, 0.25) is 17.7 Å². The van der Waals surface area contributed by atoms with Crippen LogP contribution in [0, 0.1) is 0 Å². The minimum Gasteiger partial charge on any atom is -0.508 e. The predicted octanol–water partition coefficient (Wildman–Crippen LogP) is 1.86. The molecule has 11 heteroatoms. The number of aliphatic hydroxyl groups excluding tert-OH is 1. The number of carbonyl (C=O) groups excluding carboxylic acids is 4. The van der Waals surface area contributed by atoms with Crippen LogP contribution in [0.1, 0.15) is 77.3 Å². The van der Waals surface area contributed by atoms with Crippen LogP contribution in [-0.2, 0) is 19.1 Å². The van der Waals surface area contributed by atoms with E-state index in [2.05, 4.69) is 10.6 Å². The monoisotopic (exact) mass is 520 g/mol. The highest BCUT2D eigenvalue weighted by molar-refractivity contribution is 5.92. The summed E-state index contributed by atoms with van der Waals surface area (Å²) in [5.74, 6) is -1.93. The summed E-state index contributed by atoms with van der Waals surface area (Å²) in [7, 11) is 0. The third kappa shape index (κ3) is 9.91. The van der Waals surface area contributed by atoms with Gasteiger partial charge in [-0.05, 0) is 57.7 Å². The molecule has 0 heterocycles. The molecule has 11 nitrogen and oxygen atoms in total. The summed E-state index contributed by atoms with van der Waals surface area (Å²) in [6.07, 6.45) is 3.47. The Morgan fingerprint density at radius 3 is 2.41 bits per heavy atom. The van der Waals surface area contributed by atoms with Gasteiger partial charge in [0.05, 0.1) is 6.61 Å². The van der Waals surface area contributed by atoms with Crippen LogP contribution < -0.4 is 16.4 Å². The van der Waals surface area contributed by atoms with Crippen molar-refractivity contribution in [2.24, 2.45) is 5.73 Å². The third-order valence-corrected chi connectivity index (χ3v) is 5.99. The van der Waals surface area contributed by atoms with Crippen molar-refractivity contribution >= 4 is 23.8 Å². The minimum atomic E-state index is -1.25. The molecule has 0 aromatic heterocycles. The Morgan fingerprint density at radius 2 is 1.84 bits per heavy atom. The number of nitrogens with zero attached hydrogens (tertiary/aromatic N) is 1. The summed E-state index contributed by atoms with van der Waals surface area (Å²) in [5.41, 5.74) is 4.79. The quantitative estimate of drug-likeness (QED) is 0.296. The van der Waals surface area contributed by atoms with Gasteiger partial charge in [0, 0.05) is 19.0 Å². The lowest BCUT2D eigenvalue weighted by Gasteiger charge is -2.35. The molecule has 1 aliphatic rings. The molecular formula is C26H40N4O7. The first-order chi connectivity index (χ1) is 17.4. The van der Waals surface area contributed by atoms with Gasteiger partial charge in [-0.3, -0.25) is 14.4 Å². The average Bonchev–Trinajstić information content (AvgIpc) is 2.80. The Hall–Kier alpha value is -3.34. The van der Waals surface area contributed by atoms with E-state index in [-0.39, 0.29) is 31.2 Å². The second-order valence-corrected chi connectivity index (χ2v) is 10.3. The molecule has 0 radical (unpaired) electrons. The van der Waals surface area contributed by atoms with Crippen LogP contribution in [0.2, 0.25) is 0 Å². The molecule has 2 unspecified atom stereocenters. The smallest absolute Gasteiger partial charge is 0.408 e. The van der Waals surface area contributed by atoms with E-state index in [1.54, 1.807) is 32.9 Å². The Kier molecular flexibility index (Phi) is 11.2. The highest BCUT2D eigenvalue weighted by Crippen LogP contribution is 2.27. The molecule has 1 aromatic rings. The molecule has 1 saturated carbocycles. The SMILES string of the molecule is CC(C)(C)OC(=O)NC(CCC(N)=O)C(=O)N(CCO)C(C(=O)NC1CCCCC1)c1cccc(O)c1. The summed E-state index contributed by atoms with van der Waals surface area (Å²) in [4.78, 5) is 52.5. The molecule has 206 valence electrons. The van der Waals surface area contributed by atoms with Crippen molar-refractivity contribution in [2.45, 2.75) is 89.4 Å². The first-order valence-electron chi connectivity index (χ1n) is 12.7. The summed E-state index contributed by atoms with van der Waals surface area (Å²) < 4.78 is 5.28. The number of rotatable bonds is 11. The maximum absolute atomic E-state index is 13.8. The van der Waals surface area contributed by atoms with Gasteiger partial charge < -0.3 is 36.2 Å². The van der Waals surface area contributed by atoms with Crippen molar-refractivity contribution in [3.8, 4) is 5.75 Å². The standard InChI is InChI=1S/C26H40N4O7/c1-26(2,3)37-25(36)29-20(12-13-21(27)33)24(35)30(14-15-31)22(17-8-7-11-19(32)16-17)23(34)28-18-9-5-4-6-10-18/h7-8,11,16,18,20,22,31-32H,4-6,9-10,12-15H2,1-3H3,(H2,27,33)(H,28,34)(H,29,36). The number of nitrogens with two attached hydrogens (primary N) is 1. The van der Waals surface area contributed by atoms with Crippen molar-refractivity contribution in [3.63, 3.8) is 0 Å². The fourth-order valence-corrected chi connectivity index (χ4v) is 4.36. The average molecular weight is 521 g/mol. The number of aromatic hydroxyl groups is 1. The van der Waals surface area contributed by atoms with Crippen LogP contribution in [0.3, 0.4) is 0 Å². The molecule has 0 saturated heterocycles. The molecule has 1 aliphatic carbocycles. The van der Waals surface area contributed by atoms with E-state index in [1.165, 1.54) is 12.1 Å². The Morgan fingerprint density at radius 1 is 1.16 bits per heavy atom. The fourth-order valence-electron chi connectivity index (χ4n) is 4.36. The normalized spacial score (nSPS) is 15.8. The summed E-state index contributed by atoms with van der Waals surface area (Å²) in [6, 6.07) is 3.46. The predicted molar refractivity (Wildman–Crippen MR) is 136 cm³/mol. The van der Waals surface area contributed by atoms with Crippen molar-refractivity contribution < 1.29 is 34.1 Å². The van der Waals surface area contributed by atoms with E-state index >= 15 is 0 Å². The lowest BCUT2D eigenvalue weighted by molar-refractivity contribution is -0.143. The maximum atomic E-state index is 13.8. The number of benzene rings is 1. The molecule has 0 spiro atoms. The first-order valence-corrected chi connectivity index (χ1v) is 12.7. The zero-order valence-corrected chi connectivity index (χ0v) is 21.9. The molecule has 2 atom stereocenters. The van der Waals surface area contributed by atoms with Crippen molar-refractivity contribution in [3.05, 3.63) is 29.8 Å². The largest absolute Gasteiger partial charge is 0.508 e. The Balaban J connectivity index is 2.42. The number of alkyl carbamates (subject to hydrolysis) is 1. The van der Waals surface area contributed by atoms with Crippen LogP contribution in [0.5, 0.6) is 5.75 Å². The van der Waals surface area contributed by atoms with Gasteiger partial charge in [0.15, 0.2) is 0 Å². The molecule has 2 rings (SSSR count). The van der Waals surface area contributed by atoms with Gasteiger partial charge in [-0.15, -0.1) is 0 Å². The molecule has 6 N–H and O–H groups in total. The molecule has 0 aliphatic heterocycles. The maximum Gasteiger partial charge on any atom is 0.408 e. The van der Waals surface area contributed by atoms with Crippen molar-refractivity contribution in [1.82, 2.24) is 15.5 Å². The number of hydrogen-bond acceptors (Lipinski definition) is 7. The first kappa shape index (κ1) is 29.9. The molecule has 1 aromatic carbocycles. The number of amides is 4. The topological polar surface area (TPSA) is 171 Å². The van der Waals surface area contributed by atoms with Crippen LogP contribution in [-0.4, -0.2) is 69.8 Å². The molecule has 1 fully saturated rings. The molecular weight excluding hydrogens is 480 g/mol. The lowest BCUT2D eigenvalue weighted by Crippen LogP contribution is -2.54. The number of nitrogens with one attached hydrogen (secondary N) is 2. The number of hydrogen-bond donors (Lipinski definition) is 5. The highest BCUT2D eigenvalue weighted by atomic mass is 16.6. The van der Waals surface area contributed by atoms with Gasteiger partial charge >= 0.3 is 6.09 Å². The number of aliphatic hydroxyl groups is 1. The number of carbonyl (C=O) groups is 4. The minimum absolute atomic E-state index is 0.0577. The van der Waals surface area contributed by atoms with E-state index in [0.29, 0.717) is 5.56 Å². The van der Waals surface area contributed by atoms with Gasteiger partial charge in [-0.1, -0.05) is 31.4 Å². The number of phenolic OH excluding ortho intramolecular Hbond substituents is 1. The third-order valence-electron chi connectivity index (χ3n) is 5.99. The zero-order valence-electron chi connectivity index (χ0n) is 21.9. The zero-order chi connectivity index (χ0) is 27.6. The Labute approximate surface area is 217 Å². The molecule has 37 heavy (non-hydrogen) atoms. The van der Waals surface area contributed by atoms with Crippen LogP contribution in [0.4, 0.5) is 4.79 Å². The number of phenols is 1. The second-order valence-electron chi connectivity index (χ2n) is 10.3. The van der Waals surface area contributed by atoms with E-state index in [0.717, 1.165) is 37.0 Å². The van der Waals surface area contributed by atoms with Gasteiger partial charge in [-0.25, -0.2) is 4.79 Å². The van der Waals surface area contributed by atoms with Gasteiger partial charge in [-0.2, -0.15) is 0 Å². The van der Waals surface area contributed by atoms with E-state index in [9.17, 15) is 29.4 Å². The number of ether oxygens (including phenoxy) is 1. The van der Waals surface area contributed by atoms with Crippen LogP contribution in [0.15, 0.2) is 24.3 Å². The van der Waals surface area contributed by atoms with E-state index in [4.69, 9.17) is 10.5 Å². The van der Waals surface area contributed by atoms with E-state index < -0.39 is 48.1 Å². The molecule has 0 bridgehead atoms. The lowest BCUT2D eigenvalue weighted by atomic mass is 9.94. The Bertz CT molecular complexity index is 941. The van der Waals surface area contributed by atoms with E-state index in [1.807, 2.05) is 0 Å². The van der Waals surface area contributed by atoms with Crippen molar-refractivity contribution in [2.75, 3.05) is 13.2 Å². The van der Waals surface area contributed by atoms with Gasteiger partial charge in [0.25, 0.3) is 0 Å². The van der Waals surface area contributed by atoms with Crippen LogP contribution >= 0.6 is 0 Å².